The van der Waals surface area contributed by atoms with Crippen LogP contribution >= 0.6 is 0 Å². The molecule has 0 saturated heterocycles. The van der Waals surface area contributed by atoms with Crippen molar-refractivity contribution >= 4 is 17.9 Å². The Morgan fingerprint density at radius 3 is 0.933 bits per heavy atom. The van der Waals surface area contributed by atoms with Crippen molar-refractivity contribution in [3.05, 3.63) is 36.5 Å². The van der Waals surface area contributed by atoms with Gasteiger partial charge in [0.25, 0.3) is 0 Å². The second-order valence-electron chi connectivity index (χ2n) is 17.4. The smallest absolute Gasteiger partial charge is 0.306 e. The van der Waals surface area contributed by atoms with E-state index in [1.807, 2.05) is 0 Å². The number of ether oxygens (including phenoxy) is 3. The van der Waals surface area contributed by atoms with Crippen LogP contribution in [0.15, 0.2) is 36.5 Å². The van der Waals surface area contributed by atoms with Crippen LogP contribution in [0.1, 0.15) is 271 Å². The number of carbonyl (C=O) groups is 3. The third-order valence-electron chi connectivity index (χ3n) is 11.4. The minimum Gasteiger partial charge on any atom is -0.462 e. The molecule has 0 aliphatic carbocycles. The van der Waals surface area contributed by atoms with E-state index in [1.165, 1.54) is 161 Å². The summed E-state index contributed by atoms with van der Waals surface area (Å²) in [5, 5.41) is 0. The molecule has 0 saturated carbocycles. The van der Waals surface area contributed by atoms with Crippen molar-refractivity contribution in [2.45, 2.75) is 277 Å². The fourth-order valence-corrected chi connectivity index (χ4v) is 7.41. The average Bonchev–Trinajstić information content (AvgIpc) is 3.24. The molecule has 0 aliphatic heterocycles. The SMILES string of the molecule is CCCCCCC/C=C\C/C=C\CCCCCCCCCCCC(=O)OCC(COC(=O)CCCCCCCCC)OC(=O)CCCCCCC/C=C\CCCCCCC. The molecular weight excluding hydrogens is 745 g/mol. The average molecular weight is 843 g/mol. The maximum Gasteiger partial charge on any atom is 0.306 e. The fraction of sp³-hybridized carbons (Fsp3) is 0.833. The second kappa shape index (κ2) is 49.3. The van der Waals surface area contributed by atoms with Crippen LogP contribution in [0.5, 0.6) is 0 Å². The van der Waals surface area contributed by atoms with Gasteiger partial charge in [0.05, 0.1) is 0 Å². The predicted octanol–water partition coefficient (Wildman–Crippen LogP) is 16.9. The Bertz CT molecular complexity index is 1020. The molecule has 0 fully saturated rings. The molecule has 0 amide bonds. The fourth-order valence-electron chi connectivity index (χ4n) is 7.41. The number of unbranched alkanes of at least 4 members (excludes halogenated alkanes) is 30. The standard InChI is InChI=1S/C54H98O6/c1-4-7-10-13-16-18-20-22-24-25-26-27-28-29-30-32-33-35-38-41-44-47-53(56)59-50-51(49-58-52(55)46-43-40-37-15-12-9-6-3)60-54(57)48-45-42-39-36-34-31-23-21-19-17-14-11-8-5-2/h20-23,25-26,51H,4-19,24,27-50H2,1-3H3/b22-20-,23-21-,26-25-. The van der Waals surface area contributed by atoms with Crippen LogP contribution in [-0.4, -0.2) is 37.2 Å². The van der Waals surface area contributed by atoms with Crippen LogP contribution in [0.3, 0.4) is 0 Å². The molecule has 0 rings (SSSR count). The molecule has 0 aromatic heterocycles. The minimum absolute atomic E-state index is 0.0751. The van der Waals surface area contributed by atoms with Gasteiger partial charge in [-0.05, 0) is 77.0 Å². The van der Waals surface area contributed by atoms with Crippen LogP contribution in [-0.2, 0) is 28.6 Å². The summed E-state index contributed by atoms with van der Waals surface area (Å²) in [7, 11) is 0. The molecule has 1 unspecified atom stereocenters. The highest BCUT2D eigenvalue weighted by Crippen LogP contribution is 2.15. The van der Waals surface area contributed by atoms with Crippen LogP contribution in [0.25, 0.3) is 0 Å². The Balaban J connectivity index is 4.21. The molecule has 0 spiro atoms. The monoisotopic (exact) mass is 843 g/mol. The lowest BCUT2D eigenvalue weighted by Gasteiger charge is -2.18. The summed E-state index contributed by atoms with van der Waals surface area (Å²) < 4.78 is 16.7. The first-order chi connectivity index (χ1) is 29.5. The van der Waals surface area contributed by atoms with E-state index in [2.05, 4.69) is 57.2 Å². The molecule has 350 valence electrons. The van der Waals surface area contributed by atoms with E-state index < -0.39 is 6.10 Å². The Kier molecular flexibility index (Phi) is 47.3. The summed E-state index contributed by atoms with van der Waals surface area (Å²) in [5.74, 6) is -0.887. The van der Waals surface area contributed by atoms with Crippen molar-refractivity contribution in [1.82, 2.24) is 0 Å². The van der Waals surface area contributed by atoms with Crippen LogP contribution in [0.2, 0.25) is 0 Å². The molecular formula is C54H98O6. The summed E-state index contributed by atoms with van der Waals surface area (Å²) >= 11 is 0. The maximum atomic E-state index is 12.7. The Hall–Kier alpha value is -2.37. The lowest BCUT2D eigenvalue weighted by molar-refractivity contribution is -0.167. The lowest BCUT2D eigenvalue weighted by Crippen LogP contribution is -2.30. The van der Waals surface area contributed by atoms with Gasteiger partial charge >= 0.3 is 17.9 Å². The first-order valence-corrected chi connectivity index (χ1v) is 26.0. The molecule has 6 heteroatoms. The number of rotatable bonds is 47. The Morgan fingerprint density at radius 1 is 0.333 bits per heavy atom. The highest BCUT2D eigenvalue weighted by atomic mass is 16.6. The quantitative estimate of drug-likeness (QED) is 0.0263. The zero-order valence-corrected chi connectivity index (χ0v) is 40.0. The van der Waals surface area contributed by atoms with Gasteiger partial charge in [-0.25, -0.2) is 0 Å². The van der Waals surface area contributed by atoms with Gasteiger partial charge in [0, 0.05) is 19.3 Å². The van der Waals surface area contributed by atoms with Gasteiger partial charge in [-0.15, -0.1) is 0 Å². The summed E-state index contributed by atoms with van der Waals surface area (Å²) in [6.07, 6.45) is 57.2. The topological polar surface area (TPSA) is 78.9 Å². The summed E-state index contributed by atoms with van der Waals surface area (Å²) in [6.45, 7) is 6.58. The van der Waals surface area contributed by atoms with E-state index in [-0.39, 0.29) is 31.1 Å². The third kappa shape index (κ3) is 46.7. The number of allylic oxidation sites excluding steroid dienone is 6. The van der Waals surface area contributed by atoms with Crippen LogP contribution < -0.4 is 0 Å². The molecule has 1 atom stereocenters. The van der Waals surface area contributed by atoms with E-state index in [9.17, 15) is 14.4 Å². The first-order valence-electron chi connectivity index (χ1n) is 26.0. The predicted molar refractivity (Wildman–Crippen MR) is 256 cm³/mol. The molecule has 0 radical (unpaired) electrons. The number of hydrogen-bond acceptors (Lipinski definition) is 6. The lowest BCUT2D eigenvalue weighted by atomic mass is 10.1. The van der Waals surface area contributed by atoms with E-state index in [4.69, 9.17) is 14.2 Å². The van der Waals surface area contributed by atoms with Crippen LogP contribution in [0, 0.1) is 0 Å². The number of hydrogen-bond donors (Lipinski definition) is 0. The first kappa shape index (κ1) is 57.6. The number of esters is 3. The van der Waals surface area contributed by atoms with Gasteiger partial charge in [-0.1, -0.05) is 211 Å². The minimum atomic E-state index is -0.772. The van der Waals surface area contributed by atoms with E-state index in [0.29, 0.717) is 19.3 Å². The normalized spacial score (nSPS) is 12.2. The van der Waals surface area contributed by atoms with Gasteiger partial charge in [-0.3, -0.25) is 14.4 Å². The molecule has 0 aliphatic rings. The van der Waals surface area contributed by atoms with E-state index in [1.54, 1.807) is 0 Å². The van der Waals surface area contributed by atoms with Crippen molar-refractivity contribution in [2.24, 2.45) is 0 Å². The zero-order chi connectivity index (χ0) is 43.7. The largest absolute Gasteiger partial charge is 0.462 e. The van der Waals surface area contributed by atoms with Crippen molar-refractivity contribution in [2.75, 3.05) is 13.2 Å². The zero-order valence-electron chi connectivity index (χ0n) is 40.0. The molecule has 6 nitrogen and oxygen atoms in total. The van der Waals surface area contributed by atoms with Crippen LogP contribution in [0.4, 0.5) is 0 Å². The third-order valence-corrected chi connectivity index (χ3v) is 11.4. The van der Waals surface area contributed by atoms with Gasteiger partial charge in [-0.2, -0.15) is 0 Å². The van der Waals surface area contributed by atoms with Crippen molar-refractivity contribution in [3.63, 3.8) is 0 Å². The highest BCUT2D eigenvalue weighted by molar-refractivity contribution is 5.71. The van der Waals surface area contributed by atoms with E-state index in [0.717, 1.165) is 70.6 Å². The molecule has 0 aromatic carbocycles. The van der Waals surface area contributed by atoms with Gasteiger partial charge in [0.2, 0.25) is 0 Å². The van der Waals surface area contributed by atoms with Gasteiger partial charge < -0.3 is 14.2 Å². The van der Waals surface area contributed by atoms with Gasteiger partial charge in [0.1, 0.15) is 13.2 Å². The summed E-state index contributed by atoms with van der Waals surface area (Å²) in [4.78, 5) is 37.8. The second-order valence-corrected chi connectivity index (χ2v) is 17.4. The van der Waals surface area contributed by atoms with E-state index >= 15 is 0 Å². The molecule has 0 bridgehead atoms. The van der Waals surface area contributed by atoms with Crippen molar-refractivity contribution < 1.29 is 28.6 Å². The Morgan fingerprint density at radius 2 is 0.600 bits per heavy atom. The summed E-state index contributed by atoms with van der Waals surface area (Å²) in [6, 6.07) is 0. The van der Waals surface area contributed by atoms with Crippen molar-refractivity contribution in [1.29, 1.82) is 0 Å². The highest BCUT2D eigenvalue weighted by Gasteiger charge is 2.19. The van der Waals surface area contributed by atoms with Gasteiger partial charge in [0.15, 0.2) is 6.10 Å². The van der Waals surface area contributed by atoms with Crippen molar-refractivity contribution in [3.8, 4) is 0 Å². The molecule has 0 N–H and O–H groups in total. The number of carbonyl (C=O) groups excluding carboxylic acids is 3. The Labute approximate surface area is 372 Å². The maximum absolute atomic E-state index is 12.7. The molecule has 0 aromatic rings. The molecule has 0 heterocycles. The summed E-state index contributed by atoms with van der Waals surface area (Å²) in [5.41, 5.74) is 0. The molecule has 60 heavy (non-hydrogen) atoms.